The van der Waals surface area contributed by atoms with E-state index in [0.717, 1.165) is 26.2 Å². The van der Waals surface area contributed by atoms with Gasteiger partial charge in [-0.25, -0.2) is 0 Å². The Morgan fingerprint density at radius 2 is 1.52 bits per heavy atom. The van der Waals surface area contributed by atoms with Crippen molar-refractivity contribution in [3.8, 4) is 11.1 Å². The highest BCUT2D eigenvalue weighted by atomic mass is 79.9. The lowest BCUT2D eigenvalue weighted by Gasteiger charge is -2.13. The van der Waals surface area contributed by atoms with Crippen molar-refractivity contribution in [3.05, 3.63) is 94.5 Å². The highest BCUT2D eigenvalue weighted by Gasteiger charge is 2.21. The van der Waals surface area contributed by atoms with Gasteiger partial charge in [-0.2, -0.15) is 0 Å². The van der Waals surface area contributed by atoms with Crippen LogP contribution in [0.4, 0.5) is 0 Å². The molecule has 0 amide bonds. The first-order valence-electron chi connectivity index (χ1n) is 10.1. The fourth-order valence-corrected chi connectivity index (χ4v) is 4.28. The standard InChI is InChI=1S/C26H29N2.BrH/c1-20-15-21(2)26(22(3)16-20)18-28-14-13-27(19-28)17-24-11-7-8-12-25(24)23-9-5-4-6-10-23;/h4-12,15-16,19H,13-14,17-18H2,1-3H3;1H/q+1;/p-1. The Kier molecular flexibility index (Phi) is 6.92. The van der Waals surface area contributed by atoms with Gasteiger partial charge in [0.2, 0.25) is 6.34 Å². The number of halogens is 1. The number of benzene rings is 3. The van der Waals surface area contributed by atoms with E-state index in [4.69, 9.17) is 0 Å². The fourth-order valence-electron chi connectivity index (χ4n) is 4.28. The zero-order valence-electron chi connectivity index (χ0n) is 17.5. The Morgan fingerprint density at radius 3 is 2.24 bits per heavy atom. The van der Waals surface area contributed by atoms with Crippen molar-refractivity contribution in [2.75, 3.05) is 13.1 Å². The van der Waals surface area contributed by atoms with Crippen molar-refractivity contribution in [1.82, 2.24) is 4.90 Å². The Labute approximate surface area is 185 Å². The highest BCUT2D eigenvalue weighted by molar-refractivity contribution is 5.67. The van der Waals surface area contributed by atoms with Gasteiger partial charge in [0.05, 0.1) is 0 Å². The van der Waals surface area contributed by atoms with Gasteiger partial charge in [-0.15, -0.1) is 0 Å². The molecule has 0 radical (unpaired) electrons. The van der Waals surface area contributed by atoms with Crippen LogP contribution in [-0.2, 0) is 13.1 Å². The summed E-state index contributed by atoms with van der Waals surface area (Å²) < 4.78 is 2.45. The first-order valence-corrected chi connectivity index (χ1v) is 10.1. The van der Waals surface area contributed by atoms with E-state index in [0.29, 0.717) is 0 Å². The molecule has 4 rings (SSSR count). The van der Waals surface area contributed by atoms with Gasteiger partial charge in [-0.05, 0) is 48.6 Å². The molecule has 0 N–H and O–H groups in total. The third kappa shape index (κ3) is 4.97. The molecule has 0 saturated carbocycles. The maximum Gasteiger partial charge on any atom is 0.234 e. The van der Waals surface area contributed by atoms with E-state index >= 15 is 0 Å². The SMILES string of the molecule is Cc1cc(C)c(CN2C=[N+](Cc3ccccc3-c3ccccc3)CC2)c(C)c1.[Br-]. The van der Waals surface area contributed by atoms with Crippen LogP contribution in [0.25, 0.3) is 11.1 Å². The monoisotopic (exact) mass is 448 g/mol. The molecule has 0 bridgehead atoms. The lowest BCUT2D eigenvalue weighted by atomic mass is 9.99. The minimum Gasteiger partial charge on any atom is -1.00 e. The maximum absolute atomic E-state index is 2.45. The van der Waals surface area contributed by atoms with Gasteiger partial charge in [0, 0.05) is 5.56 Å². The minimum atomic E-state index is 0. The number of hydrogen-bond acceptors (Lipinski definition) is 1. The first kappa shape index (κ1) is 21.3. The van der Waals surface area contributed by atoms with Gasteiger partial charge in [0.15, 0.2) is 0 Å². The van der Waals surface area contributed by atoms with Crippen molar-refractivity contribution in [1.29, 1.82) is 0 Å². The van der Waals surface area contributed by atoms with E-state index < -0.39 is 0 Å². The van der Waals surface area contributed by atoms with Crippen LogP contribution >= 0.6 is 0 Å². The molecule has 3 aromatic carbocycles. The van der Waals surface area contributed by atoms with Crippen molar-refractivity contribution in [3.63, 3.8) is 0 Å². The maximum atomic E-state index is 2.45. The molecule has 1 aliphatic rings. The molecule has 0 unspecified atom stereocenters. The predicted octanol–water partition coefficient (Wildman–Crippen LogP) is 2.34. The van der Waals surface area contributed by atoms with E-state index in [1.807, 2.05) is 0 Å². The predicted molar refractivity (Wildman–Crippen MR) is 118 cm³/mol. The quantitative estimate of drug-likeness (QED) is 0.542. The third-order valence-corrected chi connectivity index (χ3v) is 5.68. The summed E-state index contributed by atoms with van der Waals surface area (Å²) in [4.78, 5) is 2.45. The summed E-state index contributed by atoms with van der Waals surface area (Å²) in [5, 5.41) is 0. The van der Waals surface area contributed by atoms with Crippen LogP contribution < -0.4 is 17.0 Å². The average Bonchev–Trinajstić information content (AvgIpc) is 3.13. The largest absolute Gasteiger partial charge is 1.00 e. The molecular formula is C26H29BrN2. The molecule has 3 aromatic rings. The van der Waals surface area contributed by atoms with Gasteiger partial charge < -0.3 is 17.0 Å². The second-order valence-corrected chi connectivity index (χ2v) is 7.96. The summed E-state index contributed by atoms with van der Waals surface area (Å²) in [6, 6.07) is 24.1. The topological polar surface area (TPSA) is 6.25 Å². The molecule has 0 atom stereocenters. The Hall–Kier alpha value is -2.39. The third-order valence-electron chi connectivity index (χ3n) is 5.68. The van der Waals surface area contributed by atoms with Crippen LogP contribution in [0.15, 0.2) is 66.7 Å². The minimum absolute atomic E-state index is 0. The molecule has 0 fully saturated rings. The summed E-state index contributed by atoms with van der Waals surface area (Å²) in [5.41, 5.74) is 9.63. The van der Waals surface area contributed by atoms with E-state index in [-0.39, 0.29) is 17.0 Å². The van der Waals surface area contributed by atoms with Crippen molar-refractivity contribution in [2.45, 2.75) is 33.9 Å². The summed E-state index contributed by atoms with van der Waals surface area (Å²) in [7, 11) is 0. The van der Waals surface area contributed by atoms with Crippen LogP contribution in [-0.4, -0.2) is 28.9 Å². The van der Waals surface area contributed by atoms with Gasteiger partial charge >= 0.3 is 0 Å². The molecule has 0 aliphatic carbocycles. The summed E-state index contributed by atoms with van der Waals surface area (Å²) in [6.45, 7) is 10.8. The number of hydrogen-bond donors (Lipinski definition) is 0. The molecule has 2 nitrogen and oxygen atoms in total. The van der Waals surface area contributed by atoms with E-state index in [1.165, 1.54) is 38.9 Å². The van der Waals surface area contributed by atoms with Crippen LogP contribution in [0.5, 0.6) is 0 Å². The normalized spacial score (nSPS) is 13.2. The van der Waals surface area contributed by atoms with E-state index in [9.17, 15) is 0 Å². The van der Waals surface area contributed by atoms with Crippen molar-refractivity contribution >= 4 is 6.34 Å². The van der Waals surface area contributed by atoms with Crippen molar-refractivity contribution in [2.24, 2.45) is 0 Å². The van der Waals surface area contributed by atoms with Crippen LogP contribution in [0, 0.1) is 20.8 Å². The van der Waals surface area contributed by atoms with Gasteiger partial charge in [0.25, 0.3) is 0 Å². The summed E-state index contributed by atoms with van der Waals surface area (Å²) in [5.74, 6) is 0. The van der Waals surface area contributed by atoms with Crippen LogP contribution in [0.3, 0.4) is 0 Å². The van der Waals surface area contributed by atoms with Crippen LogP contribution in [0.1, 0.15) is 27.8 Å². The smallest absolute Gasteiger partial charge is 0.234 e. The Balaban J connectivity index is 0.00000240. The molecule has 150 valence electrons. The zero-order chi connectivity index (χ0) is 19.5. The molecule has 1 heterocycles. The molecule has 0 saturated heterocycles. The lowest BCUT2D eigenvalue weighted by molar-refractivity contribution is -0.530. The molecular weight excluding hydrogens is 420 g/mol. The molecule has 3 heteroatoms. The molecule has 1 aliphatic heterocycles. The summed E-state index contributed by atoms with van der Waals surface area (Å²) in [6.07, 6.45) is 2.32. The Bertz CT molecular complexity index is 985. The lowest BCUT2D eigenvalue weighted by Crippen LogP contribution is -3.00. The molecule has 0 spiro atoms. The van der Waals surface area contributed by atoms with Crippen LogP contribution in [0.2, 0.25) is 0 Å². The first-order chi connectivity index (χ1) is 13.6. The molecule has 29 heavy (non-hydrogen) atoms. The molecule has 0 aromatic heterocycles. The van der Waals surface area contributed by atoms with E-state index in [2.05, 4.69) is 103 Å². The summed E-state index contributed by atoms with van der Waals surface area (Å²) >= 11 is 0. The number of rotatable bonds is 5. The number of nitrogens with zero attached hydrogens (tertiary/aromatic N) is 2. The zero-order valence-corrected chi connectivity index (χ0v) is 19.1. The van der Waals surface area contributed by atoms with E-state index in [1.54, 1.807) is 0 Å². The fraction of sp³-hybridized carbons (Fsp3) is 0.269. The highest BCUT2D eigenvalue weighted by Crippen LogP contribution is 2.24. The van der Waals surface area contributed by atoms with Gasteiger partial charge in [-0.1, -0.05) is 72.3 Å². The second-order valence-electron chi connectivity index (χ2n) is 7.96. The second kappa shape index (κ2) is 9.41. The van der Waals surface area contributed by atoms with Gasteiger partial charge in [-0.3, -0.25) is 9.48 Å². The van der Waals surface area contributed by atoms with Crippen molar-refractivity contribution < 1.29 is 21.6 Å². The van der Waals surface area contributed by atoms with Gasteiger partial charge in [0.1, 0.15) is 26.2 Å². The average molecular weight is 449 g/mol. The number of aryl methyl sites for hydroxylation is 3. The Morgan fingerprint density at radius 1 is 0.862 bits per heavy atom.